The van der Waals surface area contributed by atoms with Crippen molar-refractivity contribution in [1.82, 2.24) is 0 Å². The number of aryl methyl sites for hydroxylation is 1. The average Bonchev–Trinajstić information content (AvgIpc) is 2.15. The molecule has 1 aromatic rings. The number of benzene rings is 1. The van der Waals surface area contributed by atoms with Gasteiger partial charge in [0.1, 0.15) is 11.9 Å². The van der Waals surface area contributed by atoms with E-state index >= 15 is 0 Å². The molecule has 3 heteroatoms. The Morgan fingerprint density at radius 1 is 1.47 bits per heavy atom. The molecule has 0 bridgehead atoms. The van der Waals surface area contributed by atoms with Crippen molar-refractivity contribution in [2.45, 2.75) is 32.3 Å². The van der Waals surface area contributed by atoms with Crippen molar-refractivity contribution in [3.63, 3.8) is 0 Å². The van der Waals surface area contributed by atoms with Gasteiger partial charge in [0, 0.05) is 0 Å². The van der Waals surface area contributed by atoms with Crippen molar-refractivity contribution in [2.24, 2.45) is 0 Å². The zero-order valence-corrected chi connectivity index (χ0v) is 8.63. The van der Waals surface area contributed by atoms with Gasteiger partial charge in [-0.05, 0) is 37.8 Å². The largest absolute Gasteiger partial charge is 0.459 e. The van der Waals surface area contributed by atoms with Crippen LogP contribution in [-0.4, -0.2) is 12.1 Å². The van der Waals surface area contributed by atoms with E-state index in [1.54, 1.807) is 19.1 Å². The molecule has 0 amide bonds. The quantitative estimate of drug-likeness (QED) is 0.698. The summed E-state index contributed by atoms with van der Waals surface area (Å²) in [5.74, 6) is -1.01. The minimum absolute atomic E-state index is 0.00240. The molecule has 1 saturated carbocycles. The molecule has 1 aliphatic rings. The second-order valence-electron chi connectivity index (χ2n) is 3.89. The van der Waals surface area contributed by atoms with Gasteiger partial charge in [-0.2, -0.15) is 0 Å². The summed E-state index contributed by atoms with van der Waals surface area (Å²) in [5.41, 5.74) is 0.514. The smallest absolute Gasteiger partial charge is 0.341 e. The van der Waals surface area contributed by atoms with Crippen LogP contribution < -0.4 is 0 Å². The molecule has 15 heavy (non-hydrogen) atoms. The van der Waals surface area contributed by atoms with E-state index in [1.807, 2.05) is 0 Å². The minimum Gasteiger partial charge on any atom is -0.459 e. The summed E-state index contributed by atoms with van der Waals surface area (Å²) in [6.45, 7) is 1.63. The lowest BCUT2D eigenvalue weighted by atomic mass is 9.96. The molecule has 0 heterocycles. The van der Waals surface area contributed by atoms with Gasteiger partial charge >= 0.3 is 5.97 Å². The molecule has 0 atom stereocenters. The van der Waals surface area contributed by atoms with Crippen LogP contribution in [0.15, 0.2) is 18.2 Å². The SMILES string of the molecule is Cc1cccc(C(=O)OC2CCC2)c1F. The lowest BCUT2D eigenvalue weighted by Crippen LogP contribution is -2.25. The van der Waals surface area contributed by atoms with E-state index in [9.17, 15) is 9.18 Å². The molecule has 0 N–H and O–H groups in total. The molecule has 0 unspecified atom stereocenters. The van der Waals surface area contributed by atoms with E-state index in [0.717, 1.165) is 19.3 Å². The Hall–Kier alpha value is -1.38. The first-order valence-corrected chi connectivity index (χ1v) is 5.14. The van der Waals surface area contributed by atoms with Gasteiger partial charge < -0.3 is 4.74 Å². The maximum absolute atomic E-state index is 13.5. The maximum atomic E-state index is 13.5. The first-order chi connectivity index (χ1) is 7.18. The Balaban J connectivity index is 2.13. The van der Waals surface area contributed by atoms with Gasteiger partial charge in [0.15, 0.2) is 0 Å². The van der Waals surface area contributed by atoms with Crippen LogP contribution >= 0.6 is 0 Å². The van der Waals surface area contributed by atoms with E-state index in [-0.39, 0.29) is 11.7 Å². The number of esters is 1. The fourth-order valence-electron chi connectivity index (χ4n) is 1.51. The number of ether oxygens (including phenoxy) is 1. The number of rotatable bonds is 2. The van der Waals surface area contributed by atoms with Gasteiger partial charge in [-0.3, -0.25) is 0 Å². The number of carbonyl (C=O) groups excluding carboxylic acids is 1. The molecule has 0 aliphatic heterocycles. The van der Waals surface area contributed by atoms with Crippen molar-refractivity contribution in [3.8, 4) is 0 Å². The second kappa shape index (κ2) is 4.01. The van der Waals surface area contributed by atoms with Crippen molar-refractivity contribution >= 4 is 5.97 Å². The summed E-state index contributed by atoms with van der Waals surface area (Å²) < 4.78 is 18.7. The Morgan fingerprint density at radius 3 is 2.80 bits per heavy atom. The molecule has 80 valence electrons. The highest BCUT2D eigenvalue weighted by Crippen LogP contribution is 2.24. The summed E-state index contributed by atoms with van der Waals surface area (Å²) in [4.78, 5) is 11.6. The van der Waals surface area contributed by atoms with Crippen LogP contribution in [0.3, 0.4) is 0 Å². The van der Waals surface area contributed by atoms with Crippen LogP contribution in [0.25, 0.3) is 0 Å². The molecular weight excluding hydrogens is 195 g/mol. The van der Waals surface area contributed by atoms with Crippen molar-refractivity contribution < 1.29 is 13.9 Å². The fourth-order valence-corrected chi connectivity index (χ4v) is 1.51. The fraction of sp³-hybridized carbons (Fsp3) is 0.417. The molecule has 0 spiro atoms. The third-order valence-electron chi connectivity index (χ3n) is 2.74. The van der Waals surface area contributed by atoms with E-state index < -0.39 is 11.8 Å². The molecule has 1 fully saturated rings. The van der Waals surface area contributed by atoms with Gasteiger partial charge in [-0.1, -0.05) is 12.1 Å². The van der Waals surface area contributed by atoms with Crippen LogP contribution in [0.1, 0.15) is 35.2 Å². The predicted molar refractivity (Wildman–Crippen MR) is 54.2 cm³/mol. The topological polar surface area (TPSA) is 26.3 Å². The molecule has 2 rings (SSSR count). The highest BCUT2D eigenvalue weighted by atomic mass is 19.1. The van der Waals surface area contributed by atoms with Crippen LogP contribution in [-0.2, 0) is 4.74 Å². The molecule has 0 aromatic heterocycles. The molecule has 1 aliphatic carbocycles. The Bertz CT molecular complexity index is 383. The molecular formula is C12H13FO2. The first-order valence-electron chi connectivity index (χ1n) is 5.14. The van der Waals surface area contributed by atoms with Gasteiger partial charge in [0.05, 0.1) is 5.56 Å². The summed E-state index contributed by atoms with van der Waals surface area (Å²) >= 11 is 0. The normalized spacial score (nSPS) is 15.9. The standard InChI is InChI=1S/C12H13FO2/c1-8-4-2-7-10(11(8)13)12(14)15-9-5-3-6-9/h2,4,7,9H,3,5-6H2,1H3. The average molecular weight is 208 g/mol. The lowest BCUT2D eigenvalue weighted by Gasteiger charge is -2.25. The third kappa shape index (κ3) is 2.01. The van der Waals surface area contributed by atoms with Gasteiger partial charge in [-0.15, -0.1) is 0 Å². The zero-order valence-electron chi connectivity index (χ0n) is 8.63. The maximum Gasteiger partial charge on any atom is 0.341 e. The first kappa shape index (κ1) is 10.1. The number of hydrogen-bond acceptors (Lipinski definition) is 2. The van der Waals surface area contributed by atoms with Gasteiger partial charge in [0.2, 0.25) is 0 Å². The van der Waals surface area contributed by atoms with Crippen molar-refractivity contribution in [1.29, 1.82) is 0 Å². The van der Waals surface area contributed by atoms with Crippen LogP contribution in [0, 0.1) is 12.7 Å². The van der Waals surface area contributed by atoms with Crippen LogP contribution in [0.2, 0.25) is 0 Å². The van der Waals surface area contributed by atoms with E-state index in [4.69, 9.17) is 4.74 Å². The van der Waals surface area contributed by atoms with Crippen LogP contribution in [0.5, 0.6) is 0 Å². The highest BCUT2D eigenvalue weighted by molar-refractivity contribution is 5.90. The van der Waals surface area contributed by atoms with Crippen molar-refractivity contribution in [3.05, 3.63) is 35.1 Å². The van der Waals surface area contributed by atoms with E-state index in [1.165, 1.54) is 6.07 Å². The minimum atomic E-state index is -0.541. The molecule has 0 radical (unpaired) electrons. The highest BCUT2D eigenvalue weighted by Gasteiger charge is 2.24. The Morgan fingerprint density at radius 2 is 2.20 bits per heavy atom. The molecule has 1 aromatic carbocycles. The number of carbonyl (C=O) groups is 1. The second-order valence-corrected chi connectivity index (χ2v) is 3.89. The lowest BCUT2D eigenvalue weighted by molar-refractivity contribution is 0.00852. The predicted octanol–water partition coefficient (Wildman–Crippen LogP) is 2.84. The zero-order chi connectivity index (χ0) is 10.8. The van der Waals surface area contributed by atoms with Gasteiger partial charge in [-0.25, -0.2) is 9.18 Å². The summed E-state index contributed by atoms with van der Waals surface area (Å²) in [5, 5.41) is 0. The molecule has 0 saturated heterocycles. The van der Waals surface area contributed by atoms with Gasteiger partial charge in [0.25, 0.3) is 0 Å². The van der Waals surface area contributed by atoms with E-state index in [2.05, 4.69) is 0 Å². The Kier molecular flexibility index (Phi) is 2.71. The summed E-state index contributed by atoms with van der Waals surface area (Å²) in [6, 6.07) is 4.76. The van der Waals surface area contributed by atoms with E-state index in [0.29, 0.717) is 5.56 Å². The van der Waals surface area contributed by atoms with Crippen molar-refractivity contribution in [2.75, 3.05) is 0 Å². The number of hydrogen-bond donors (Lipinski definition) is 0. The third-order valence-corrected chi connectivity index (χ3v) is 2.74. The Labute approximate surface area is 88.1 Å². The summed E-state index contributed by atoms with van der Waals surface area (Å²) in [6.07, 6.45) is 2.89. The monoisotopic (exact) mass is 208 g/mol. The summed E-state index contributed by atoms with van der Waals surface area (Å²) in [7, 11) is 0. The van der Waals surface area contributed by atoms with Crippen LogP contribution in [0.4, 0.5) is 4.39 Å². The number of halogens is 1. The molecule has 2 nitrogen and oxygen atoms in total.